The SMILES string of the molecule is [CH2]CNC(=O)NCC. The third kappa shape index (κ3) is 3.46. The number of carbonyl (C=O) groups excluding carboxylic acids is 1. The predicted octanol–water partition coefficient (Wildman–Crippen LogP) is 0.140. The quantitative estimate of drug-likeness (QED) is 0.528. The lowest BCUT2D eigenvalue weighted by Gasteiger charge is -1.99. The van der Waals surface area contributed by atoms with Gasteiger partial charge >= 0.3 is 6.03 Å². The second kappa shape index (κ2) is 4.43. The van der Waals surface area contributed by atoms with Crippen LogP contribution in [0.15, 0.2) is 0 Å². The third-order valence-corrected chi connectivity index (χ3v) is 0.623. The van der Waals surface area contributed by atoms with E-state index in [1.165, 1.54) is 0 Å². The smallest absolute Gasteiger partial charge is 0.314 e. The van der Waals surface area contributed by atoms with Crippen LogP contribution in [0.4, 0.5) is 4.79 Å². The molecule has 0 fully saturated rings. The normalized spacial score (nSPS) is 8.25. The lowest BCUT2D eigenvalue weighted by Crippen LogP contribution is -2.34. The molecule has 0 rings (SSSR count). The Hall–Kier alpha value is -0.730. The predicted molar refractivity (Wildman–Crippen MR) is 32.4 cm³/mol. The lowest BCUT2D eigenvalue weighted by molar-refractivity contribution is 0.242. The maximum absolute atomic E-state index is 10.4. The fraction of sp³-hybridized carbons (Fsp3) is 0.600. The van der Waals surface area contributed by atoms with E-state index in [1.54, 1.807) is 0 Å². The molecule has 0 saturated carbocycles. The van der Waals surface area contributed by atoms with E-state index in [0.717, 1.165) is 0 Å². The summed E-state index contributed by atoms with van der Waals surface area (Å²) in [6.07, 6.45) is 0. The van der Waals surface area contributed by atoms with Gasteiger partial charge in [-0.15, -0.1) is 0 Å². The Bertz CT molecular complexity index is 64.8. The van der Waals surface area contributed by atoms with Crippen LogP contribution in [-0.2, 0) is 0 Å². The van der Waals surface area contributed by atoms with Crippen molar-refractivity contribution < 1.29 is 4.79 Å². The fourth-order valence-corrected chi connectivity index (χ4v) is 0.337. The maximum atomic E-state index is 10.4. The van der Waals surface area contributed by atoms with E-state index < -0.39 is 0 Å². The Morgan fingerprint density at radius 1 is 1.62 bits per heavy atom. The number of urea groups is 1. The van der Waals surface area contributed by atoms with Gasteiger partial charge in [-0.25, -0.2) is 4.79 Å². The van der Waals surface area contributed by atoms with Crippen LogP contribution in [0.2, 0.25) is 0 Å². The van der Waals surface area contributed by atoms with Crippen molar-refractivity contribution in [1.29, 1.82) is 0 Å². The molecular weight excluding hydrogens is 104 g/mol. The van der Waals surface area contributed by atoms with E-state index in [1.807, 2.05) is 6.92 Å². The molecule has 0 saturated heterocycles. The highest BCUT2D eigenvalue weighted by Gasteiger charge is 1.89. The molecule has 0 atom stereocenters. The molecule has 3 heteroatoms. The second-order valence-corrected chi connectivity index (χ2v) is 1.29. The average molecular weight is 115 g/mol. The van der Waals surface area contributed by atoms with Crippen LogP contribution in [0.1, 0.15) is 6.92 Å². The molecule has 1 radical (unpaired) electrons. The van der Waals surface area contributed by atoms with Gasteiger partial charge in [-0.1, -0.05) is 0 Å². The first-order valence-electron chi connectivity index (χ1n) is 2.62. The van der Waals surface area contributed by atoms with Crippen LogP contribution < -0.4 is 10.6 Å². The van der Waals surface area contributed by atoms with Gasteiger partial charge in [-0.3, -0.25) is 0 Å². The number of hydrogen-bond acceptors (Lipinski definition) is 1. The molecule has 47 valence electrons. The summed E-state index contributed by atoms with van der Waals surface area (Å²) in [5, 5.41) is 5.04. The van der Waals surface area contributed by atoms with Gasteiger partial charge in [-0.2, -0.15) is 0 Å². The molecular formula is C5H11N2O. The molecule has 0 aliphatic carbocycles. The van der Waals surface area contributed by atoms with Gasteiger partial charge < -0.3 is 10.6 Å². The van der Waals surface area contributed by atoms with Crippen LogP contribution in [0.25, 0.3) is 0 Å². The first-order chi connectivity index (χ1) is 3.81. The zero-order chi connectivity index (χ0) is 6.41. The second-order valence-electron chi connectivity index (χ2n) is 1.29. The molecule has 0 aromatic heterocycles. The summed E-state index contributed by atoms with van der Waals surface area (Å²) in [6, 6.07) is -0.150. The summed E-state index contributed by atoms with van der Waals surface area (Å²) in [6.45, 7) is 6.39. The van der Waals surface area contributed by atoms with Crippen molar-refractivity contribution in [2.75, 3.05) is 13.1 Å². The minimum Gasteiger partial charge on any atom is -0.338 e. The summed E-state index contributed by atoms with van der Waals surface area (Å²) in [4.78, 5) is 10.4. The topological polar surface area (TPSA) is 41.1 Å². The maximum Gasteiger partial charge on any atom is 0.314 e. The first kappa shape index (κ1) is 7.27. The Balaban J connectivity index is 3.06. The Morgan fingerprint density at radius 2 is 2.25 bits per heavy atom. The van der Waals surface area contributed by atoms with Gasteiger partial charge in [0, 0.05) is 13.1 Å². The zero-order valence-corrected chi connectivity index (χ0v) is 5.03. The highest BCUT2D eigenvalue weighted by molar-refractivity contribution is 5.73. The first-order valence-corrected chi connectivity index (χ1v) is 2.62. The number of carbonyl (C=O) groups is 1. The number of hydrogen-bond donors (Lipinski definition) is 2. The van der Waals surface area contributed by atoms with E-state index in [-0.39, 0.29) is 6.03 Å². The van der Waals surface area contributed by atoms with E-state index in [2.05, 4.69) is 17.6 Å². The van der Waals surface area contributed by atoms with Crippen LogP contribution >= 0.6 is 0 Å². The highest BCUT2D eigenvalue weighted by atomic mass is 16.2. The van der Waals surface area contributed by atoms with Gasteiger partial charge in [0.2, 0.25) is 0 Å². The number of nitrogens with one attached hydrogen (secondary N) is 2. The summed E-state index contributed by atoms with van der Waals surface area (Å²) in [5.74, 6) is 0. The molecule has 0 unspecified atom stereocenters. The molecule has 8 heavy (non-hydrogen) atoms. The van der Waals surface area contributed by atoms with Crippen molar-refractivity contribution in [3.8, 4) is 0 Å². The fourth-order valence-electron chi connectivity index (χ4n) is 0.337. The lowest BCUT2D eigenvalue weighted by atomic mass is 10.7. The van der Waals surface area contributed by atoms with Crippen LogP contribution in [0, 0.1) is 6.92 Å². The Morgan fingerprint density at radius 3 is 2.62 bits per heavy atom. The van der Waals surface area contributed by atoms with Crippen molar-refractivity contribution in [3.05, 3.63) is 6.92 Å². The molecule has 0 bridgehead atoms. The Labute approximate surface area is 49.5 Å². The monoisotopic (exact) mass is 115 g/mol. The molecule has 3 nitrogen and oxygen atoms in total. The average Bonchev–Trinajstić information content (AvgIpc) is 1.68. The molecule has 0 aromatic rings. The molecule has 0 aliphatic rings. The molecule has 2 amide bonds. The van der Waals surface area contributed by atoms with E-state index in [9.17, 15) is 4.79 Å². The molecule has 0 spiro atoms. The van der Waals surface area contributed by atoms with Gasteiger partial charge in [0.05, 0.1) is 0 Å². The number of rotatable bonds is 2. The minimum atomic E-state index is -0.150. The van der Waals surface area contributed by atoms with Gasteiger partial charge in [0.15, 0.2) is 0 Å². The molecule has 0 heterocycles. The van der Waals surface area contributed by atoms with Gasteiger partial charge in [0.25, 0.3) is 0 Å². The van der Waals surface area contributed by atoms with Crippen LogP contribution in [0.5, 0.6) is 0 Å². The Kier molecular flexibility index (Phi) is 4.03. The summed E-state index contributed by atoms with van der Waals surface area (Å²) in [7, 11) is 0. The molecule has 0 aromatic carbocycles. The van der Waals surface area contributed by atoms with Crippen LogP contribution in [-0.4, -0.2) is 19.1 Å². The van der Waals surface area contributed by atoms with Crippen molar-refractivity contribution in [3.63, 3.8) is 0 Å². The van der Waals surface area contributed by atoms with E-state index in [4.69, 9.17) is 0 Å². The van der Waals surface area contributed by atoms with Crippen molar-refractivity contribution in [2.45, 2.75) is 6.92 Å². The summed E-state index contributed by atoms with van der Waals surface area (Å²) >= 11 is 0. The van der Waals surface area contributed by atoms with Crippen molar-refractivity contribution in [2.24, 2.45) is 0 Å². The largest absolute Gasteiger partial charge is 0.338 e. The summed E-state index contributed by atoms with van der Waals surface area (Å²) < 4.78 is 0. The zero-order valence-electron chi connectivity index (χ0n) is 5.03. The molecule has 2 N–H and O–H groups in total. The van der Waals surface area contributed by atoms with Crippen LogP contribution in [0.3, 0.4) is 0 Å². The highest BCUT2D eigenvalue weighted by Crippen LogP contribution is 1.60. The summed E-state index contributed by atoms with van der Waals surface area (Å²) in [5.41, 5.74) is 0. The standard InChI is InChI=1S/C5H11N2O/c1-3-6-5(8)7-4-2/h1,3-4H2,2H3,(H2,6,7,8). The third-order valence-electron chi connectivity index (χ3n) is 0.623. The van der Waals surface area contributed by atoms with Crippen molar-refractivity contribution in [1.82, 2.24) is 10.6 Å². The minimum absolute atomic E-state index is 0.150. The van der Waals surface area contributed by atoms with Gasteiger partial charge in [-0.05, 0) is 13.8 Å². The van der Waals surface area contributed by atoms with Crippen molar-refractivity contribution >= 4 is 6.03 Å². The van der Waals surface area contributed by atoms with E-state index >= 15 is 0 Å². The van der Waals surface area contributed by atoms with E-state index in [0.29, 0.717) is 13.1 Å². The van der Waals surface area contributed by atoms with Gasteiger partial charge in [0.1, 0.15) is 0 Å². The molecule has 0 aliphatic heterocycles. The number of amides is 2.